The summed E-state index contributed by atoms with van der Waals surface area (Å²) in [5, 5.41) is 22.4. The number of aryl methyl sites for hydroxylation is 1. The van der Waals surface area contributed by atoms with E-state index in [1.807, 2.05) is 60.7 Å². The maximum Gasteiger partial charge on any atom is 0.481 e. The van der Waals surface area contributed by atoms with Gasteiger partial charge in [-0.05, 0) is 201 Å². The normalized spacial score (nSPS) is 19.9. The summed E-state index contributed by atoms with van der Waals surface area (Å²) in [4.78, 5) is 111. The molecule has 4 fully saturated rings. The van der Waals surface area contributed by atoms with Crippen molar-refractivity contribution in [3.05, 3.63) is 119 Å². The zero-order chi connectivity index (χ0) is 68.8. The van der Waals surface area contributed by atoms with Gasteiger partial charge in [0, 0.05) is 31.1 Å². The van der Waals surface area contributed by atoms with Crippen molar-refractivity contribution in [2.24, 2.45) is 17.3 Å². The van der Waals surface area contributed by atoms with Gasteiger partial charge in [0.25, 0.3) is 5.91 Å². The van der Waals surface area contributed by atoms with E-state index in [-0.39, 0.29) is 68.8 Å². The van der Waals surface area contributed by atoms with Crippen molar-refractivity contribution in [3.63, 3.8) is 0 Å². The van der Waals surface area contributed by atoms with Crippen LogP contribution in [-0.2, 0) is 49.1 Å². The molecule has 4 aliphatic carbocycles. The van der Waals surface area contributed by atoms with E-state index in [0.717, 1.165) is 65.5 Å². The molecule has 0 aromatic heterocycles. The van der Waals surface area contributed by atoms with Crippen LogP contribution in [0.25, 0.3) is 22.3 Å². The molecule has 8 amide bonds. The van der Waals surface area contributed by atoms with Gasteiger partial charge in [-0.15, -0.1) is 0 Å². The van der Waals surface area contributed by atoms with Crippen molar-refractivity contribution in [3.8, 4) is 22.3 Å². The number of amides is 8. The Kier molecular flexibility index (Phi) is 24.7. The number of hydrogen-bond acceptors (Lipinski definition) is 13. The minimum atomic E-state index is -1.36. The van der Waals surface area contributed by atoms with E-state index in [0.29, 0.717) is 43.1 Å². The zero-order valence-corrected chi connectivity index (χ0v) is 57.6. The zero-order valence-electron chi connectivity index (χ0n) is 57.6. The van der Waals surface area contributed by atoms with Crippen LogP contribution in [0.15, 0.2) is 97.1 Å². The number of fused-ring (bicyclic) bond motifs is 3. The molecule has 8 N–H and O–H groups in total. The highest BCUT2D eigenvalue weighted by atomic mass is 16.7. The molecule has 0 spiro atoms. The second-order valence-corrected chi connectivity index (χ2v) is 28.8. The molecule has 1 unspecified atom stereocenters. The second-order valence-electron chi connectivity index (χ2n) is 28.8. The second kappa shape index (κ2) is 32.2. The summed E-state index contributed by atoms with van der Waals surface area (Å²) < 4.78 is 29.8. The maximum absolute atomic E-state index is 14.7. The average molecular weight is 1310 g/mol. The molecule has 4 aromatic rings. The number of carbonyl (C=O) groups is 8. The standard InChI is InChI=1S/C73H101BN8O13/c1-13-14-23-47-30-32-48(33-31-47)49-34-36-50(37-35-49)63(84)75-39-21-19-28-57(81-66(87)59(38-41-77-68(89)93-71(7,8)9)82-69(90)91-44-56-54-26-17-15-24-52(54)53-25-16-18-27-55(53)56)64(85)78-45(2)62(83)80-58(29-20-22-40-76-67(88)92-70(4,5)6)65(86)79-46(3)74-94-61-43-51-42-60(72(51,10)11)73(61,12)95-74/h15-18,24-27,30-37,45-46,51,56-61H,13-14,19-23,28-29,38-44H2,1-12H3,(H,75,84)(H,76,88)(H,77,89)(H,78,85)(H,79,86)(H,80,83)(H,81,87)(H,82,90)/t45-,46-,51-,57-,58-,59-,60-,61?,73-/m0/s1. The molecule has 3 saturated carbocycles. The molecule has 0 radical (unpaired) electrons. The van der Waals surface area contributed by atoms with E-state index in [4.69, 9.17) is 23.5 Å². The fraction of sp³-hybridized carbons (Fsp3) is 0.562. The minimum Gasteiger partial charge on any atom is -0.449 e. The number of alkyl carbamates (subject to hydrolysis) is 3. The lowest BCUT2D eigenvalue weighted by molar-refractivity contribution is -0.199. The van der Waals surface area contributed by atoms with Gasteiger partial charge in [-0.1, -0.05) is 112 Å². The Balaban J connectivity index is 0.948. The number of rotatable bonds is 30. The van der Waals surface area contributed by atoms with Crippen LogP contribution in [0.3, 0.4) is 0 Å². The van der Waals surface area contributed by atoms with Crippen LogP contribution in [0.1, 0.15) is 187 Å². The van der Waals surface area contributed by atoms with Gasteiger partial charge in [-0.2, -0.15) is 0 Å². The first kappa shape index (κ1) is 72.8. The highest BCUT2D eigenvalue weighted by molar-refractivity contribution is 6.47. The highest BCUT2D eigenvalue weighted by Crippen LogP contribution is 2.65. The summed E-state index contributed by atoms with van der Waals surface area (Å²) in [5.41, 5.74) is 5.85. The lowest BCUT2D eigenvalue weighted by Gasteiger charge is -2.64. The van der Waals surface area contributed by atoms with Gasteiger partial charge in [-0.3, -0.25) is 24.0 Å². The highest BCUT2D eigenvalue weighted by Gasteiger charge is 2.68. The third-order valence-electron chi connectivity index (χ3n) is 18.9. The first-order valence-corrected chi connectivity index (χ1v) is 34.1. The summed E-state index contributed by atoms with van der Waals surface area (Å²) in [6.07, 6.45) is 4.34. The van der Waals surface area contributed by atoms with Gasteiger partial charge < -0.3 is 66.1 Å². The molecule has 514 valence electrons. The smallest absolute Gasteiger partial charge is 0.449 e. The van der Waals surface area contributed by atoms with E-state index < -0.39 is 95.9 Å². The quantitative estimate of drug-likeness (QED) is 0.0137. The Morgan fingerprint density at radius 2 is 1.08 bits per heavy atom. The van der Waals surface area contributed by atoms with Crippen LogP contribution >= 0.6 is 0 Å². The molecule has 4 aromatic carbocycles. The predicted octanol–water partition coefficient (Wildman–Crippen LogP) is 10.4. The van der Waals surface area contributed by atoms with Gasteiger partial charge in [0.1, 0.15) is 42.0 Å². The molecule has 2 bridgehead atoms. The largest absolute Gasteiger partial charge is 0.481 e. The maximum atomic E-state index is 14.7. The molecule has 1 aliphatic heterocycles. The average Bonchev–Trinajstić information content (AvgIpc) is 1.66. The van der Waals surface area contributed by atoms with Gasteiger partial charge in [0.15, 0.2) is 0 Å². The van der Waals surface area contributed by atoms with Gasteiger partial charge in [-0.25, -0.2) is 14.4 Å². The molecule has 1 heterocycles. The molecule has 95 heavy (non-hydrogen) atoms. The van der Waals surface area contributed by atoms with Crippen molar-refractivity contribution < 1.29 is 61.9 Å². The minimum absolute atomic E-state index is 0.0197. The van der Waals surface area contributed by atoms with Gasteiger partial charge >= 0.3 is 25.4 Å². The summed E-state index contributed by atoms with van der Waals surface area (Å²) in [7, 11) is -0.739. The Labute approximate surface area is 561 Å². The number of hydrogen-bond donors (Lipinski definition) is 8. The summed E-state index contributed by atoms with van der Waals surface area (Å²) in [6.45, 7) is 22.8. The first-order valence-electron chi connectivity index (χ1n) is 34.1. The van der Waals surface area contributed by atoms with E-state index in [9.17, 15) is 38.4 Å². The molecule has 1 saturated heterocycles. The van der Waals surface area contributed by atoms with Crippen molar-refractivity contribution >= 4 is 54.9 Å². The van der Waals surface area contributed by atoms with Crippen LogP contribution in [0.5, 0.6) is 0 Å². The van der Waals surface area contributed by atoms with Crippen molar-refractivity contribution in [2.75, 3.05) is 26.2 Å². The van der Waals surface area contributed by atoms with Crippen LogP contribution in [0.2, 0.25) is 0 Å². The van der Waals surface area contributed by atoms with Crippen LogP contribution in [0.4, 0.5) is 14.4 Å². The van der Waals surface area contributed by atoms with E-state index in [1.54, 1.807) is 60.6 Å². The van der Waals surface area contributed by atoms with Gasteiger partial charge in [0.2, 0.25) is 23.6 Å². The topological polar surface area (TPSA) is 279 Å². The Hall–Kier alpha value is -7.98. The lowest BCUT2D eigenvalue weighted by Crippen LogP contribution is -2.65. The summed E-state index contributed by atoms with van der Waals surface area (Å²) >= 11 is 0. The van der Waals surface area contributed by atoms with Crippen molar-refractivity contribution in [1.29, 1.82) is 0 Å². The lowest BCUT2D eigenvalue weighted by atomic mass is 9.43. The summed E-state index contributed by atoms with van der Waals surface area (Å²) in [5.74, 6) is -3.11. The fourth-order valence-corrected chi connectivity index (χ4v) is 13.5. The number of unbranched alkanes of at least 4 members (excludes halogenated alkanes) is 3. The van der Waals surface area contributed by atoms with E-state index >= 15 is 0 Å². The fourth-order valence-electron chi connectivity index (χ4n) is 13.5. The first-order chi connectivity index (χ1) is 45.0. The van der Waals surface area contributed by atoms with Crippen molar-refractivity contribution in [1.82, 2.24) is 42.5 Å². The number of carbonyl (C=O) groups excluding carboxylic acids is 8. The van der Waals surface area contributed by atoms with E-state index in [1.165, 1.54) is 12.5 Å². The van der Waals surface area contributed by atoms with Crippen LogP contribution in [0, 0.1) is 17.3 Å². The van der Waals surface area contributed by atoms with Crippen LogP contribution < -0.4 is 42.5 Å². The Morgan fingerprint density at radius 1 is 0.568 bits per heavy atom. The molecule has 9 atom stereocenters. The molecule has 9 rings (SSSR count). The predicted molar refractivity (Wildman–Crippen MR) is 365 cm³/mol. The molecule has 5 aliphatic rings. The molecular formula is C73H101BN8O13. The van der Waals surface area contributed by atoms with Crippen LogP contribution in [-0.4, -0.2) is 134 Å². The number of ether oxygens (including phenoxy) is 3. The molecule has 22 heteroatoms. The third kappa shape index (κ3) is 19.6. The third-order valence-corrected chi connectivity index (χ3v) is 18.9. The Bertz CT molecular complexity index is 3290. The van der Waals surface area contributed by atoms with Gasteiger partial charge in [0.05, 0.1) is 17.6 Å². The Morgan fingerprint density at radius 3 is 1.65 bits per heavy atom. The molecular weight excluding hydrogens is 1210 g/mol. The monoisotopic (exact) mass is 1310 g/mol. The van der Waals surface area contributed by atoms with Crippen molar-refractivity contribution in [2.45, 2.75) is 219 Å². The van der Waals surface area contributed by atoms with E-state index in [2.05, 4.69) is 94.5 Å². The number of benzene rings is 4. The SMILES string of the molecule is CCCCc1ccc(-c2ccc(C(=O)NCCCC[C@H](NC(=O)[C@H](CCNC(=O)OC(C)(C)C)NC(=O)OCC3c4ccccc4-c4ccccc43)C(=O)N[C@@H](C)C(=O)N[C@@H](CCCCNC(=O)OC(C)(C)C)C(=O)N[C@@H](C)B3OC4C[C@@H]5C[C@@H](C5(C)C)[C@]4(C)O3)cc2)cc1. The molecule has 21 nitrogen and oxygen atoms in total. The summed E-state index contributed by atoms with van der Waals surface area (Å²) in [6, 6.07) is 26.5. The number of nitrogens with one attached hydrogen (secondary N) is 8.